The van der Waals surface area contributed by atoms with E-state index in [1.54, 1.807) is 39.2 Å². The number of nitrogens with zero attached hydrogens (tertiary/aromatic N) is 1. The Morgan fingerprint density at radius 1 is 1.11 bits per heavy atom. The number of amides is 2. The summed E-state index contributed by atoms with van der Waals surface area (Å²) in [6, 6.07) is 2.93. The van der Waals surface area contributed by atoms with Crippen molar-refractivity contribution >= 4 is 20.3 Å². The Kier molecular flexibility index (Phi) is 6.50. The van der Waals surface area contributed by atoms with Gasteiger partial charge in [-0.05, 0) is 49.5 Å². The minimum Gasteiger partial charge on any atom is -0.467 e. The van der Waals surface area contributed by atoms with E-state index in [1.165, 1.54) is 0 Å². The molecule has 28 heavy (non-hydrogen) atoms. The van der Waals surface area contributed by atoms with Gasteiger partial charge >= 0.3 is 6.09 Å². The minimum atomic E-state index is -2.31. The van der Waals surface area contributed by atoms with Gasteiger partial charge in [-0.1, -0.05) is 41.5 Å². The number of furan rings is 1. The highest BCUT2D eigenvalue weighted by molar-refractivity contribution is 6.77. The molecule has 2 rings (SSSR count). The van der Waals surface area contributed by atoms with Crippen molar-refractivity contribution in [2.24, 2.45) is 0 Å². The molecule has 2 heterocycles. The van der Waals surface area contributed by atoms with Crippen LogP contribution in [0.5, 0.6) is 0 Å². The first-order chi connectivity index (χ1) is 12.8. The van der Waals surface area contributed by atoms with Crippen molar-refractivity contribution in [2.75, 3.05) is 0 Å². The number of imide groups is 1. The number of hydrogen-bond donors (Lipinski definition) is 0. The zero-order valence-corrected chi connectivity index (χ0v) is 19.6. The van der Waals surface area contributed by atoms with Crippen LogP contribution in [0.3, 0.4) is 0 Å². The molecule has 0 saturated carbocycles. The summed E-state index contributed by atoms with van der Waals surface area (Å²) in [4.78, 5) is 26.8. The molecule has 0 spiro atoms. The lowest BCUT2D eigenvalue weighted by molar-refractivity contribution is -0.164. The lowest BCUT2D eigenvalue weighted by atomic mass is 9.96. The molecular formula is C21H35NO5Si. The summed E-state index contributed by atoms with van der Waals surface area (Å²) in [5, 5.41) is 0. The van der Waals surface area contributed by atoms with Crippen molar-refractivity contribution in [1.82, 2.24) is 4.90 Å². The van der Waals surface area contributed by atoms with Gasteiger partial charge in [0.1, 0.15) is 17.4 Å². The number of carbonyl (C=O) groups excluding carboxylic acids is 2. The van der Waals surface area contributed by atoms with Gasteiger partial charge in [0.05, 0.1) is 6.26 Å². The van der Waals surface area contributed by atoms with E-state index < -0.39 is 32.2 Å². The zero-order valence-electron chi connectivity index (χ0n) is 18.6. The van der Waals surface area contributed by atoms with Crippen molar-refractivity contribution in [3.05, 3.63) is 24.2 Å². The fraction of sp³-hybridized carbons (Fsp3) is 0.714. The molecule has 158 valence electrons. The topological polar surface area (TPSA) is 69.0 Å². The van der Waals surface area contributed by atoms with Gasteiger partial charge in [0.2, 0.25) is 8.32 Å². The maximum absolute atomic E-state index is 13.0. The summed E-state index contributed by atoms with van der Waals surface area (Å²) in [6.45, 7) is 18.3. The molecule has 2 atom stereocenters. The van der Waals surface area contributed by atoms with Gasteiger partial charge in [-0.3, -0.25) is 4.79 Å². The fourth-order valence-electron chi connectivity index (χ4n) is 4.46. The smallest absolute Gasteiger partial charge is 0.417 e. The van der Waals surface area contributed by atoms with Crippen LogP contribution in [0.2, 0.25) is 16.6 Å². The molecule has 2 amide bonds. The molecule has 1 aromatic rings. The van der Waals surface area contributed by atoms with Gasteiger partial charge in [-0.15, -0.1) is 0 Å². The first kappa shape index (κ1) is 22.7. The molecule has 1 saturated heterocycles. The maximum Gasteiger partial charge on any atom is 0.417 e. The quantitative estimate of drug-likeness (QED) is 0.448. The highest BCUT2D eigenvalue weighted by atomic mass is 28.4. The van der Waals surface area contributed by atoms with E-state index in [2.05, 4.69) is 41.5 Å². The first-order valence-electron chi connectivity index (χ1n) is 10.1. The summed E-state index contributed by atoms with van der Waals surface area (Å²) >= 11 is 0. The van der Waals surface area contributed by atoms with Crippen LogP contribution in [0.25, 0.3) is 0 Å². The third kappa shape index (κ3) is 4.05. The lowest BCUT2D eigenvalue weighted by Gasteiger charge is -2.51. The molecule has 7 heteroatoms. The summed E-state index contributed by atoms with van der Waals surface area (Å²) in [5.41, 5.74) is 0.290. The molecule has 0 aromatic carbocycles. The van der Waals surface area contributed by atoms with Crippen LogP contribution in [0.15, 0.2) is 22.8 Å². The Hall–Kier alpha value is -1.60. The van der Waals surface area contributed by atoms with Crippen LogP contribution < -0.4 is 0 Å². The van der Waals surface area contributed by atoms with Crippen molar-refractivity contribution in [3.8, 4) is 0 Å². The molecule has 0 bridgehead atoms. The van der Waals surface area contributed by atoms with Crippen LogP contribution >= 0.6 is 0 Å². The second-order valence-electron chi connectivity index (χ2n) is 9.50. The van der Waals surface area contributed by atoms with Crippen LogP contribution in [0.4, 0.5) is 4.79 Å². The molecule has 1 unspecified atom stereocenters. The van der Waals surface area contributed by atoms with Crippen LogP contribution in [-0.4, -0.2) is 36.9 Å². The minimum absolute atomic E-state index is 0.327. The number of carbonyl (C=O) groups is 2. The van der Waals surface area contributed by atoms with E-state index in [-0.39, 0.29) is 5.91 Å². The number of rotatable bonds is 6. The summed E-state index contributed by atoms with van der Waals surface area (Å²) in [5.74, 6) is 0.184. The zero-order chi connectivity index (χ0) is 21.4. The molecule has 6 nitrogen and oxygen atoms in total. The van der Waals surface area contributed by atoms with Crippen LogP contribution in [-0.2, 0) is 14.0 Å². The summed E-state index contributed by atoms with van der Waals surface area (Å²) < 4.78 is 17.7. The predicted octanol–water partition coefficient (Wildman–Crippen LogP) is 5.66. The third-order valence-corrected chi connectivity index (χ3v) is 11.6. The fourth-order valence-corrected chi connectivity index (χ4v) is 9.94. The first-order valence-corrected chi connectivity index (χ1v) is 12.2. The average molecular weight is 410 g/mol. The van der Waals surface area contributed by atoms with Gasteiger partial charge < -0.3 is 13.6 Å². The predicted molar refractivity (Wildman–Crippen MR) is 110 cm³/mol. The second kappa shape index (κ2) is 8.03. The molecule has 0 aliphatic carbocycles. The van der Waals surface area contributed by atoms with Crippen molar-refractivity contribution in [2.45, 2.75) is 96.7 Å². The number of β-lactam (4-membered cyclic amide) rings is 1. The molecule has 1 fully saturated rings. The number of ether oxygens (including phenoxy) is 1. The van der Waals surface area contributed by atoms with E-state index >= 15 is 0 Å². The highest BCUT2D eigenvalue weighted by Gasteiger charge is 2.59. The van der Waals surface area contributed by atoms with Gasteiger partial charge in [-0.25, -0.2) is 9.69 Å². The summed E-state index contributed by atoms with van der Waals surface area (Å²) in [7, 11) is -2.31. The van der Waals surface area contributed by atoms with Crippen molar-refractivity contribution in [1.29, 1.82) is 0 Å². The Bertz CT molecular complexity index is 668. The highest BCUT2D eigenvalue weighted by Crippen LogP contribution is 2.48. The van der Waals surface area contributed by atoms with E-state index in [1.807, 2.05) is 0 Å². The molecule has 1 aliphatic heterocycles. The van der Waals surface area contributed by atoms with Crippen molar-refractivity contribution < 1.29 is 23.2 Å². The number of hydrogen-bond acceptors (Lipinski definition) is 5. The van der Waals surface area contributed by atoms with E-state index in [0.717, 1.165) is 4.90 Å². The van der Waals surface area contributed by atoms with Gasteiger partial charge in [0.15, 0.2) is 6.10 Å². The third-order valence-electron chi connectivity index (χ3n) is 5.51. The molecule has 0 N–H and O–H groups in total. The largest absolute Gasteiger partial charge is 0.467 e. The SMILES string of the molecule is CC(C)[Si](OC1C(=O)N(C(=O)OC(C)(C)C)[C@H]1c1ccco1)(C(C)C)C(C)C. The molecular weight excluding hydrogens is 374 g/mol. The van der Waals surface area contributed by atoms with Crippen molar-refractivity contribution in [3.63, 3.8) is 0 Å². The average Bonchev–Trinajstić information content (AvgIpc) is 3.03. The van der Waals surface area contributed by atoms with Gasteiger partial charge in [0.25, 0.3) is 5.91 Å². The Balaban J connectivity index is 2.38. The Labute approximate surface area is 169 Å². The Morgan fingerprint density at radius 2 is 1.64 bits per heavy atom. The van der Waals surface area contributed by atoms with Crippen LogP contribution in [0, 0.1) is 0 Å². The van der Waals surface area contributed by atoms with Gasteiger partial charge in [-0.2, -0.15) is 0 Å². The maximum atomic E-state index is 13.0. The van der Waals surface area contributed by atoms with E-state index in [4.69, 9.17) is 13.6 Å². The lowest BCUT2D eigenvalue weighted by Crippen LogP contribution is -2.66. The number of likely N-dealkylation sites (tertiary alicyclic amines) is 1. The normalized spacial score (nSPS) is 20.9. The van der Waals surface area contributed by atoms with Crippen LogP contribution in [0.1, 0.15) is 74.1 Å². The van der Waals surface area contributed by atoms with E-state index in [0.29, 0.717) is 22.4 Å². The second-order valence-corrected chi connectivity index (χ2v) is 14.9. The van der Waals surface area contributed by atoms with Gasteiger partial charge in [0, 0.05) is 0 Å². The van der Waals surface area contributed by atoms with E-state index in [9.17, 15) is 9.59 Å². The molecule has 0 radical (unpaired) electrons. The monoisotopic (exact) mass is 409 g/mol. The molecule has 1 aromatic heterocycles. The Morgan fingerprint density at radius 3 is 2.04 bits per heavy atom. The summed E-state index contributed by atoms with van der Waals surface area (Å²) in [6.07, 6.45) is 0.155. The standard InChI is InChI=1S/C21H35NO5Si/c1-13(2)28(14(3)4,15(5)6)27-18-17(16-11-10-12-25-16)22(19(18)23)20(24)26-21(7,8)9/h10-15,17-18H,1-9H3/t17-,18?/m0/s1. The molecule has 1 aliphatic rings.